The number of phenols is 1. The number of halogens is 2. The molecule has 0 saturated carbocycles. The highest BCUT2D eigenvalue weighted by molar-refractivity contribution is 9.11. The normalized spacial score (nSPS) is 10.6. The van der Waals surface area contributed by atoms with Crippen LogP contribution in [0.1, 0.15) is 0 Å². The van der Waals surface area contributed by atoms with Crippen LogP contribution in [-0.4, -0.2) is 10.1 Å². The van der Waals surface area contributed by atoms with E-state index < -0.39 is 0 Å². The molecule has 2 nitrogen and oxygen atoms in total. The lowest BCUT2D eigenvalue weighted by Gasteiger charge is -2.03. The average Bonchev–Trinajstić information content (AvgIpc) is 2.15. The number of hydrogen-bond acceptors (Lipinski definition) is 2. The van der Waals surface area contributed by atoms with Gasteiger partial charge in [0.2, 0.25) is 0 Å². The van der Waals surface area contributed by atoms with Crippen molar-refractivity contribution in [2.75, 3.05) is 0 Å². The lowest BCUT2D eigenvalue weighted by atomic mass is 10.2. The molecular formula is C9H5Br2NO. The Labute approximate surface area is 91.9 Å². The lowest BCUT2D eigenvalue weighted by molar-refractivity contribution is 0.469. The zero-order valence-corrected chi connectivity index (χ0v) is 9.63. The van der Waals surface area contributed by atoms with Gasteiger partial charge in [-0.1, -0.05) is 6.07 Å². The van der Waals surface area contributed by atoms with Crippen molar-refractivity contribution >= 4 is 42.8 Å². The Morgan fingerprint density at radius 3 is 2.85 bits per heavy atom. The fourth-order valence-corrected chi connectivity index (χ4v) is 2.37. The van der Waals surface area contributed by atoms with E-state index in [9.17, 15) is 5.11 Å². The van der Waals surface area contributed by atoms with Crippen molar-refractivity contribution < 1.29 is 5.11 Å². The molecule has 0 aliphatic rings. The second-order valence-electron chi connectivity index (χ2n) is 2.59. The van der Waals surface area contributed by atoms with Crippen LogP contribution in [0, 0.1) is 0 Å². The van der Waals surface area contributed by atoms with Crippen LogP contribution >= 0.6 is 31.9 Å². The van der Waals surface area contributed by atoms with Crippen molar-refractivity contribution in [3.05, 3.63) is 33.3 Å². The molecular weight excluding hydrogens is 298 g/mol. The van der Waals surface area contributed by atoms with E-state index in [2.05, 4.69) is 36.8 Å². The highest BCUT2D eigenvalue weighted by Crippen LogP contribution is 2.37. The van der Waals surface area contributed by atoms with Crippen LogP contribution in [0.4, 0.5) is 0 Å². The van der Waals surface area contributed by atoms with E-state index in [1.54, 1.807) is 12.3 Å². The molecule has 0 unspecified atom stereocenters. The van der Waals surface area contributed by atoms with Gasteiger partial charge in [0.25, 0.3) is 0 Å². The smallest absolute Gasteiger partial charge is 0.144 e. The van der Waals surface area contributed by atoms with Gasteiger partial charge in [-0.2, -0.15) is 0 Å². The SMILES string of the molecule is Oc1c(Br)cc2ncccc2c1Br. The van der Waals surface area contributed by atoms with Crippen LogP contribution < -0.4 is 0 Å². The van der Waals surface area contributed by atoms with Crippen molar-refractivity contribution in [3.8, 4) is 5.75 Å². The molecule has 0 bridgehead atoms. The zero-order valence-electron chi connectivity index (χ0n) is 6.46. The summed E-state index contributed by atoms with van der Waals surface area (Å²) in [6.07, 6.45) is 1.72. The first-order valence-electron chi connectivity index (χ1n) is 3.62. The van der Waals surface area contributed by atoms with Gasteiger partial charge >= 0.3 is 0 Å². The van der Waals surface area contributed by atoms with Gasteiger partial charge < -0.3 is 5.11 Å². The second kappa shape index (κ2) is 3.27. The Morgan fingerprint density at radius 1 is 1.31 bits per heavy atom. The fourth-order valence-electron chi connectivity index (χ4n) is 1.14. The molecule has 1 aromatic carbocycles. The van der Waals surface area contributed by atoms with Crippen LogP contribution in [0.2, 0.25) is 0 Å². The zero-order chi connectivity index (χ0) is 9.42. The summed E-state index contributed by atoms with van der Waals surface area (Å²) in [5.74, 6) is 0.209. The molecule has 0 atom stereocenters. The summed E-state index contributed by atoms with van der Waals surface area (Å²) in [6, 6.07) is 5.52. The molecule has 2 aromatic rings. The summed E-state index contributed by atoms with van der Waals surface area (Å²) in [7, 11) is 0. The molecule has 0 amide bonds. The number of pyridine rings is 1. The quantitative estimate of drug-likeness (QED) is 0.808. The molecule has 66 valence electrons. The Morgan fingerprint density at radius 2 is 2.08 bits per heavy atom. The van der Waals surface area contributed by atoms with Gasteiger partial charge in [0.15, 0.2) is 0 Å². The van der Waals surface area contributed by atoms with E-state index in [1.165, 1.54) is 0 Å². The van der Waals surface area contributed by atoms with Gasteiger partial charge in [-0.15, -0.1) is 0 Å². The van der Waals surface area contributed by atoms with E-state index in [0.29, 0.717) is 8.95 Å². The van der Waals surface area contributed by atoms with E-state index in [0.717, 1.165) is 10.9 Å². The average molecular weight is 303 g/mol. The van der Waals surface area contributed by atoms with Crippen molar-refractivity contribution in [3.63, 3.8) is 0 Å². The Hall–Kier alpha value is -0.610. The maximum absolute atomic E-state index is 9.58. The standard InChI is InChI=1S/C9H5Br2NO/c10-6-4-7-5(2-1-3-12-7)8(11)9(6)13/h1-4,13H. The first-order chi connectivity index (χ1) is 6.20. The van der Waals surface area contributed by atoms with Crippen molar-refractivity contribution in [2.24, 2.45) is 0 Å². The summed E-state index contributed by atoms with van der Waals surface area (Å²) in [4.78, 5) is 4.17. The Bertz CT molecular complexity index is 470. The largest absolute Gasteiger partial charge is 0.506 e. The summed E-state index contributed by atoms with van der Waals surface area (Å²) < 4.78 is 1.32. The number of rotatable bonds is 0. The third-order valence-corrected chi connectivity index (χ3v) is 3.18. The topological polar surface area (TPSA) is 33.1 Å². The molecule has 0 radical (unpaired) electrons. The van der Waals surface area contributed by atoms with Crippen LogP contribution in [-0.2, 0) is 0 Å². The number of hydrogen-bond donors (Lipinski definition) is 1. The number of aromatic nitrogens is 1. The van der Waals surface area contributed by atoms with E-state index >= 15 is 0 Å². The highest BCUT2D eigenvalue weighted by atomic mass is 79.9. The highest BCUT2D eigenvalue weighted by Gasteiger charge is 2.08. The van der Waals surface area contributed by atoms with Gasteiger partial charge in [-0.25, -0.2) is 0 Å². The van der Waals surface area contributed by atoms with Crippen LogP contribution in [0.3, 0.4) is 0 Å². The number of fused-ring (bicyclic) bond motifs is 1. The minimum Gasteiger partial charge on any atom is -0.506 e. The van der Waals surface area contributed by atoms with Gasteiger partial charge in [0, 0.05) is 11.6 Å². The molecule has 2 rings (SSSR count). The summed E-state index contributed by atoms with van der Waals surface area (Å²) in [5.41, 5.74) is 0.846. The number of nitrogens with zero attached hydrogens (tertiary/aromatic N) is 1. The van der Waals surface area contributed by atoms with Crippen molar-refractivity contribution in [1.82, 2.24) is 4.98 Å². The lowest BCUT2D eigenvalue weighted by Crippen LogP contribution is -1.80. The first kappa shape index (κ1) is 8.97. The molecule has 1 N–H and O–H groups in total. The second-order valence-corrected chi connectivity index (χ2v) is 4.24. The predicted molar refractivity (Wildman–Crippen MR) is 58.8 cm³/mol. The third kappa shape index (κ3) is 1.44. The third-order valence-electron chi connectivity index (χ3n) is 1.77. The number of aromatic hydroxyl groups is 1. The first-order valence-corrected chi connectivity index (χ1v) is 5.20. The molecule has 0 aliphatic carbocycles. The Balaban J connectivity index is 2.94. The molecule has 4 heteroatoms. The number of phenolic OH excluding ortho intramolecular Hbond substituents is 1. The van der Waals surface area contributed by atoms with Gasteiger partial charge in [0.05, 0.1) is 14.5 Å². The summed E-state index contributed by atoms with van der Waals surface area (Å²) in [5, 5.41) is 10.5. The molecule has 1 aromatic heterocycles. The molecule has 0 saturated heterocycles. The molecule has 13 heavy (non-hydrogen) atoms. The summed E-state index contributed by atoms with van der Waals surface area (Å²) >= 11 is 6.56. The van der Waals surface area contributed by atoms with Gasteiger partial charge in [0.1, 0.15) is 5.75 Å². The predicted octanol–water partition coefficient (Wildman–Crippen LogP) is 3.47. The van der Waals surface area contributed by atoms with Crippen LogP contribution in [0.25, 0.3) is 10.9 Å². The van der Waals surface area contributed by atoms with Crippen molar-refractivity contribution in [2.45, 2.75) is 0 Å². The monoisotopic (exact) mass is 301 g/mol. The van der Waals surface area contributed by atoms with Gasteiger partial charge in [-0.3, -0.25) is 4.98 Å². The summed E-state index contributed by atoms with van der Waals surface area (Å²) in [6.45, 7) is 0. The molecule has 0 fully saturated rings. The van der Waals surface area contributed by atoms with Crippen molar-refractivity contribution in [1.29, 1.82) is 0 Å². The maximum Gasteiger partial charge on any atom is 0.144 e. The minimum atomic E-state index is 0.209. The molecule has 0 aliphatic heterocycles. The molecule has 1 heterocycles. The van der Waals surface area contributed by atoms with E-state index in [1.807, 2.05) is 12.1 Å². The molecule has 0 spiro atoms. The van der Waals surface area contributed by atoms with Crippen LogP contribution in [0.5, 0.6) is 5.75 Å². The minimum absolute atomic E-state index is 0.209. The number of benzene rings is 1. The maximum atomic E-state index is 9.58. The van der Waals surface area contributed by atoms with E-state index in [4.69, 9.17) is 0 Å². The van der Waals surface area contributed by atoms with Gasteiger partial charge in [-0.05, 0) is 44.0 Å². The van der Waals surface area contributed by atoms with Crippen LogP contribution in [0.15, 0.2) is 33.3 Å². The fraction of sp³-hybridized carbons (Fsp3) is 0. The van der Waals surface area contributed by atoms with E-state index in [-0.39, 0.29) is 5.75 Å². The Kier molecular flexibility index (Phi) is 2.26.